The SMILES string of the molecule is O=C(Nc1nnc(SCC(=O)N2CCCCC2)s1)C1CC1. The van der Waals surface area contributed by atoms with Crippen LogP contribution in [0.15, 0.2) is 4.34 Å². The zero-order chi connectivity index (χ0) is 14.7. The number of nitrogens with zero attached hydrogens (tertiary/aromatic N) is 3. The number of hydrogen-bond acceptors (Lipinski definition) is 6. The number of likely N-dealkylation sites (tertiary alicyclic amines) is 1. The molecule has 114 valence electrons. The monoisotopic (exact) mass is 326 g/mol. The smallest absolute Gasteiger partial charge is 0.233 e. The molecule has 21 heavy (non-hydrogen) atoms. The summed E-state index contributed by atoms with van der Waals surface area (Å²) in [4.78, 5) is 25.6. The largest absolute Gasteiger partial charge is 0.342 e. The zero-order valence-corrected chi connectivity index (χ0v) is 13.3. The quantitative estimate of drug-likeness (QED) is 0.661. The third-order valence-electron chi connectivity index (χ3n) is 3.61. The number of carbonyl (C=O) groups is 2. The van der Waals surface area contributed by atoms with Crippen LogP contribution in [-0.2, 0) is 9.59 Å². The zero-order valence-electron chi connectivity index (χ0n) is 11.7. The number of hydrogen-bond donors (Lipinski definition) is 1. The molecule has 0 bridgehead atoms. The molecule has 6 nitrogen and oxygen atoms in total. The minimum atomic E-state index is 0.0343. The van der Waals surface area contributed by atoms with Gasteiger partial charge < -0.3 is 10.2 Å². The maximum Gasteiger partial charge on any atom is 0.233 e. The van der Waals surface area contributed by atoms with Crippen molar-refractivity contribution >= 4 is 40.0 Å². The van der Waals surface area contributed by atoms with Crippen molar-refractivity contribution in [3.63, 3.8) is 0 Å². The van der Waals surface area contributed by atoms with Crippen LogP contribution in [0.25, 0.3) is 0 Å². The van der Waals surface area contributed by atoms with Crippen molar-refractivity contribution in [1.29, 1.82) is 0 Å². The number of aromatic nitrogens is 2. The summed E-state index contributed by atoms with van der Waals surface area (Å²) >= 11 is 2.73. The molecule has 1 aromatic heterocycles. The van der Waals surface area contributed by atoms with E-state index in [-0.39, 0.29) is 17.7 Å². The van der Waals surface area contributed by atoms with Crippen LogP contribution in [0, 0.1) is 5.92 Å². The van der Waals surface area contributed by atoms with Crippen LogP contribution in [0.3, 0.4) is 0 Å². The molecule has 2 amide bonds. The van der Waals surface area contributed by atoms with E-state index in [9.17, 15) is 9.59 Å². The van der Waals surface area contributed by atoms with Gasteiger partial charge in [0.2, 0.25) is 16.9 Å². The third kappa shape index (κ3) is 4.16. The summed E-state index contributed by atoms with van der Waals surface area (Å²) in [6.07, 6.45) is 5.36. The molecule has 0 radical (unpaired) electrons. The summed E-state index contributed by atoms with van der Waals surface area (Å²) in [6, 6.07) is 0. The number of piperidine rings is 1. The molecule has 0 aromatic carbocycles. The Bertz CT molecular complexity index is 524. The fraction of sp³-hybridized carbons (Fsp3) is 0.692. The molecule has 3 rings (SSSR count). The summed E-state index contributed by atoms with van der Waals surface area (Å²) in [5, 5.41) is 11.3. The van der Waals surface area contributed by atoms with Crippen molar-refractivity contribution in [2.24, 2.45) is 5.92 Å². The van der Waals surface area contributed by atoms with Gasteiger partial charge in [-0.15, -0.1) is 10.2 Å². The summed E-state index contributed by atoms with van der Waals surface area (Å²) in [7, 11) is 0. The first-order valence-corrected chi connectivity index (χ1v) is 9.07. The highest BCUT2D eigenvalue weighted by Crippen LogP contribution is 2.31. The van der Waals surface area contributed by atoms with Gasteiger partial charge in [-0.05, 0) is 32.1 Å². The number of rotatable bonds is 5. The highest BCUT2D eigenvalue weighted by Gasteiger charge is 2.30. The van der Waals surface area contributed by atoms with E-state index in [0.717, 1.165) is 43.1 Å². The third-order valence-corrected chi connectivity index (χ3v) is 5.57. The fourth-order valence-corrected chi connectivity index (χ4v) is 3.89. The summed E-state index contributed by atoms with van der Waals surface area (Å²) < 4.78 is 0.728. The van der Waals surface area contributed by atoms with Gasteiger partial charge >= 0.3 is 0 Å². The van der Waals surface area contributed by atoms with Gasteiger partial charge in [-0.25, -0.2) is 0 Å². The Labute approximate surface area is 131 Å². The standard InChI is InChI=1S/C13H18N4O2S2/c18-10(17-6-2-1-3-7-17)8-20-13-16-15-12(21-13)14-11(19)9-4-5-9/h9H,1-8H2,(H,14,15,19). The van der Waals surface area contributed by atoms with Crippen LogP contribution >= 0.6 is 23.1 Å². The van der Waals surface area contributed by atoms with Crippen LogP contribution < -0.4 is 5.32 Å². The first kappa shape index (κ1) is 14.8. The molecular weight excluding hydrogens is 308 g/mol. The van der Waals surface area contributed by atoms with Crippen LogP contribution in [0.1, 0.15) is 32.1 Å². The summed E-state index contributed by atoms with van der Waals surface area (Å²) in [5.74, 6) is 0.752. The van der Waals surface area contributed by atoms with Gasteiger partial charge in [0.15, 0.2) is 4.34 Å². The van der Waals surface area contributed by atoms with Crippen molar-refractivity contribution in [3.8, 4) is 0 Å². The van der Waals surface area contributed by atoms with E-state index in [2.05, 4.69) is 15.5 Å². The van der Waals surface area contributed by atoms with Crippen molar-refractivity contribution in [3.05, 3.63) is 0 Å². The highest BCUT2D eigenvalue weighted by molar-refractivity contribution is 8.01. The van der Waals surface area contributed by atoms with Gasteiger partial charge in [-0.3, -0.25) is 9.59 Å². The van der Waals surface area contributed by atoms with Crippen molar-refractivity contribution in [1.82, 2.24) is 15.1 Å². The lowest BCUT2D eigenvalue weighted by Gasteiger charge is -2.26. The van der Waals surface area contributed by atoms with Crippen molar-refractivity contribution in [2.75, 3.05) is 24.2 Å². The number of amides is 2. The first-order chi connectivity index (χ1) is 10.2. The van der Waals surface area contributed by atoms with Gasteiger partial charge in [0.25, 0.3) is 0 Å². The van der Waals surface area contributed by atoms with Gasteiger partial charge in [0.05, 0.1) is 5.75 Å². The lowest BCUT2D eigenvalue weighted by atomic mass is 10.1. The topological polar surface area (TPSA) is 75.2 Å². The minimum absolute atomic E-state index is 0.0343. The Hall–Kier alpha value is -1.15. The summed E-state index contributed by atoms with van der Waals surface area (Å²) in [6.45, 7) is 1.75. The number of thioether (sulfide) groups is 1. The summed E-state index contributed by atoms with van der Waals surface area (Å²) in [5.41, 5.74) is 0. The van der Waals surface area contributed by atoms with E-state index in [1.54, 1.807) is 0 Å². The molecule has 0 unspecified atom stereocenters. The predicted octanol–water partition coefficient (Wildman–Crippen LogP) is 1.99. The van der Waals surface area contributed by atoms with Crippen LogP contribution in [0.4, 0.5) is 5.13 Å². The lowest BCUT2D eigenvalue weighted by molar-refractivity contribution is -0.129. The van der Waals surface area contributed by atoms with Gasteiger partial charge in [-0.1, -0.05) is 23.1 Å². The second-order valence-corrected chi connectivity index (χ2v) is 7.57. The average molecular weight is 326 g/mol. The lowest BCUT2D eigenvalue weighted by Crippen LogP contribution is -2.36. The Morgan fingerprint density at radius 3 is 2.71 bits per heavy atom. The fourth-order valence-electron chi connectivity index (χ4n) is 2.23. The molecule has 1 aliphatic heterocycles. The Morgan fingerprint density at radius 1 is 1.24 bits per heavy atom. The second kappa shape index (κ2) is 6.74. The Kier molecular flexibility index (Phi) is 4.74. The molecule has 8 heteroatoms. The van der Waals surface area contributed by atoms with Crippen LogP contribution in [-0.4, -0.2) is 45.8 Å². The van der Waals surface area contributed by atoms with E-state index in [4.69, 9.17) is 0 Å². The molecule has 2 aliphatic rings. The second-order valence-electron chi connectivity index (χ2n) is 5.37. The predicted molar refractivity (Wildman–Crippen MR) is 82.4 cm³/mol. The molecule has 0 spiro atoms. The van der Waals surface area contributed by atoms with Crippen molar-refractivity contribution < 1.29 is 9.59 Å². The molecule has 1 saturated carbocycles. The molecule has 1 aromatic rings. The Balaban J connectivity index is 1.45. The Morgan fingerprint density at radius 2 is 2.00 bits per heavy atom. The average Bonchev–Trinajstić information content (AvgIpc) is 3.27. The van der Waals surface area contributed by atoms with E-state index >= 15 is 0 Å². The highest BCUT2D eigenvalue weighted by atomic mass is 32.2. The molecule has 2 fully saturated rings. The molecule has 1 N–H and O–H groups in total. The van der Waals surface area contributed by atoms with Crippen molar-refractivity contribution in [2.45, 2.75) is 36.4 Å². The number of nitrogens with one attached hydrogen (secondary N) is 1. The van der Waals surface area contributed by atoms with E-state index in [1.807, 2.05) is 4.90 Å². The normalized spacial score (nSPS) is 18.6. The van der Waals surface area contributed by atoms with E-state index in [1.165, 1.54) is 29.5 Å². The van der Waals surface area contributed by atoms with Gasteiger partial charge in [0.1, 0.15) is 0 Å². The van der Waals surface area contributed by atoms with E-state index in [0.29, 0.717) is 10.9 Å². The number of carbonyl (C=O) groups excluding carboxylic acids is 2. The minimum Gasteiger partial charge on any atom is -0.342 e. The van der Waals surface area contributed by atoms with Crippen LogP contribution in [0.5, 0.6) is 0 Å². The molecular formula is C13H18N4O2S2. The van der Waals surface area contributed by atoms with Crippen LogP contribution in [0.2, 0.25) is 0 Å². The van der Waals surface area contributed by atoms with Gasteiger partial charge in [0, 0.05) is 19.0 Å². The molecule has 1 aliphatic carbocycles. The number of anilines is 1. The van der Waals surface area contributed by atoms with E-state index < -0.39 is 0 Å². The maximum atomic E-state index is 12.0. The first-order valence-electron chi connectivity index (χ1n) is 7.27. The molecule has 1 saturated heterocycles. The van der Waals surface area contributed by atoms with Gasteiger partial charge in [-0.2, -0.15) is 0 Å². The molecule has 2 heterocycles. The maximum absolute atomic E-state index is 12.0. The molecule has 0 atom stereocenters.